The molecule has 0 saturated carbocycles. The van der Waals surface area contributed by atoms with Gasteiger partial charge in [-0.25, -0.2) is 4.39 Å². The number of benzene rings is 2. The van der Waals surface area contributed by atoms with Crippen LogP contribution in [0.15, 0.2) is 78.7 Å². The minimum absolute atomic E-state index is 0.0439. The number of hydrogen-bond acceptors (Lipinski definition) is 6. The Balaban J connectivity index is 1.39. The molecule has 0 spiro atoms. The molecule has 0 fully saturated rings. The van der Waals surface area contributed by atoms with Crippen LogP contribution in [0.25, 0.3) is 0 Å². The highest BCUT2D eigenvalue weighted by molar-refractivity contribution is 7.10. The number of rotatable bonds is 12. The van der Waals surface area contributed by atoms with Crippen LogP contribution < -0.4 is 9.47 Å². The topological polar surface area (TPSA) is 62.2 Å². The number of carbonyl (C=O) groups is 1. The Morgan fingerprint density at radius 1 is 1.17 bits per heavy atom. The molecule has 36 heavy (non-hydrogen) atoms. The van der Waals surface area contributed by atoms with Gasteiger partial charge in [0.15, 0.2) is 0 Å². The van der Waals surface area contributed by atoms with Crippen molar-refractivity contribution in [3.05, 3.63) is 95.0 Å². The second kappa shape index (κ2) is 12.7. The number of carbonyl (C=O) groups excluding carboxylic acids is 1. The van der Waals surface area contributed by atoms with Crippen molar-refractivity contribution in [1.29, 1.82) is 0 Å². The Bertz CT molecular complexity index is 1120. The summed E-state index contributed by atoms with van der Waals surface area (Å²) >= 11 is 1.69. The van der Waals surface area contributed by atoms with Gasteiger partial charge in [0.05, 0.1) is 12.6 Å². The van der Waals surface area contributed by atoms with Gasteiger partial charge >= 0.3 is 0 Å². The van der Waals surface area contributed by atoms with Crippen molar-refractivity contribution in [3.63, 3.8) is 0 Å². The van der Waals surface area contributed by atoms with Gasteiger partial charge in [0, 0.05) is 24.5 Å². The highest BCUT2D eigenvalue weighted by Crippen LogP contribution is 2.34. The number of amides is 1. The summed E-state index contributed by atoms with van der Waals surface area (Å²) in [6, 6.07) is 17.0. The SMILES string of the molecule is C=CCN(CC(=O)N1CCc2sccc2[C@@H]1COc1ccc(F)cc1)C[C@@H](O)COc1ccccc1. The molecule has 2 atom stereocenters. The molecule has 190 valence electrons. The average molecular weight is 511 g/mol. The fraction of sp³-hybridized carbons (Fsp3) is 0.321. The number of ether oxygens (including phenoxy) is 2. The Kier molecular flexibility index (Phi) is 9.11. The van der Waals surface area contributed by atoms with Crippen LogP contribution in [-0.4, -0.2) is 66.3 Å². The first-order valence-electron chi connectivity index (χ1n) is 12.0. The molecule has 4 rings (SSSR count). The van der Waals surface area contributed by atoms with Gasteiger partial charge in [-0.3, -0.25) is 9.69 Å². The molecule has 1 N–H and O–H groups in total. The van der Waals surface area contributed by atoms with Crippen LogP contribution in [-0.2, 0) is 11.2 Å². The summed E-state index contributed by atoms with van der Waals surface area (Å²) in [6.07, 6.45) is 1.75. The summed E-state index contributed by atoms with van der Waals surface area (Å²) in [6.45, 7) is 5.67. The molecule has 0 radical (unpaired) electrons. The number of thiophene rings is 1. The van der Waals surface area contributed by atoms with Crippen LogP contribution >= 0.6 is 11.3 Å². The van der Waals surface area contributed by atoms with E-state index in [1.165, 1.54) is 17.0 Å². The molecular formula is C28H31FN2O4S. The first kappa shape index (κ1) is 25.9. The largest absolute Gasteiger partial charge is 0.491 e. The number of aliphatic hydroxyl groups excluding tert-OH is 1. The van der Waals surface area contributed by atoms with Gasteiger partial charge in [-0.05, 0) is 59.8 Å². The van der Waals surface area contributed by atoms with E-state index in [1.807, 2.05) is 51.6 Å². The van der Waals surface area contributed by atoms with Gasteiger partial charge in [-0.2, -0.15) is 0 Å². The number of aliphatic hydroxyl groups is 1. The second-order valence-electron chi connectivity index (χ2n) is 8.68. The average Bonchev–Trinajstić information content (AvgIpc) is 3.37. The maximum absolute atomic E-state index is 13.5. The van der Waals surface area contributed by atoms with Crippen LogP contribution in [0.1, 0.15) is 16.5 Å². The third-order valence-electron chi connectivity index (χ3n) is 6.04. The Labute approximate surface area is 215 Å². The van der Waals surface area contributed by atoms with Crippen LogP contribution in [0.3, 0.4) is 0 Å². The minimum atomic E-state index is -0.764. The summed E-state index contributed by atoms with van der Waals surface area (Å²) in [5, 5.41) is 12.6. The molecule has 1 aliphatic heterocycles. The lowest BCUT2D eigenvalue weighted by Gasteiger charge is -2.37. The van der Waals surface area contributed by atoms with Crippen molar-refractivity contribution in [2.75, 3.05) is 39.4 Å². The normalized spacial score (nSPS) is 15.9. The van der Waals surface area contributed by atoms with Crippen LogP contribution in [0.5, 0.6) is 11.5 Å². The number of halogens is 1. The van der Waals surface area contributed by atoms with Crippen molar-refractivity contribution in [1.82, 2.24) is 9.80 Å². The molecule has 1 aromatic heterocycles. The third-order valence-corrected chi connectivity index (χ3v) is 7.03. The van der Waals surface area contributed by atoms with E-state index in [1.54, 1.807) is 29.5 Å². The lowest BCUT2D eigenvalue weighted by atomic mass is 10.0. The fourth-order valence-electron chi connectivity index (χ4n) is 4.31. The molecule has 8 heteroatoms. The first-order valence-corrected chi connectivity index (χ1v) is 12.8. The van der Waals surface area contributed by atoms with E-state index >= 15 is 0 Å². The molecular weight excluding hydrogens is 479 g/mol. The van der Waals surface area contributed by atoms with Crippen molar-refractivity contribution in [3.8, 4) is 11.5 Å². The lowest BCUT2D eigenvalue weighted by molar-refractivity contribution is -0.136. The van der Waals surface area contributed by atoms with Crippen molar-refractivity contribution in [2.24, 2.45) is 0 Å². The van der Waals surface area contributed by atoms with Crippen molar-refractivity contribution in [2.45, 2.75) is 18.6 Å². The predicted octanol–water partition coefficient (Wildman–Crippen LogP) is 4.32. The summed E-state index contributed by atoms with van der Waals surface area (Å²) in [4.78, 5) is 18.4. The van der Waals surface area contributed by atoms with Crippen molar-refractivity contribution >= 4 is 17.2 Å². The molecule has 6 nitrogen and oxygen atoms in total. The summed E-state index contributed by atoms with van der Waals surface area (Å²) < 4.78 is 24.9. The smallest absolute Gasteiger partial charge is 0.237 e. The van der Waals surface area contributed by atoms with E-state index in [4.69, 9.17) is 9.47 Å². The van der Waals surface area contributed by atoms with Crippen LogP contribution in [0.2, 0.25) is 0 Å². The Hall–Kier alpha value is -3.20. The molecule has 3 aromatic rings. The van der Waals surface area contributed by atoms with Gasteiger partial charge in [0.25, 0.3) is 0 Å². The van der Waals surface area contributed by atoms with E-state index in [-0.39, 0.29) is 44.1 Å². The molecule has 2 heterocycles. The first-order chi connectivity index (χ1) is 17.5. The Morgan fingerprint density at radius 3 is 2.67 bits per heavy atom. The van der Waals surface area contributed by atoms with Crippen LogP contribution in [0.4, 0.5) is 4.39 Å². The molecule has 0 bridgehead atoms. The Morgan fingerprint density at radius 2 is 1.92 bits per heavy atom. The van der Waals surface area contributed by atoms with E-state index in [2.05, 4.69) is 6.58 Å². The molecule has 1 amide bonds. The summed E-state index contributed by atoms with van der Waals surface area (Å²) in [5.41, 5.74) is 1.09. The van der Waals surface area contributed by atoms with Gasteiger partial charge < -0.3 is 19.5 Å². The number of hydrogen-bond donors (Lipinski definition) is 1. The standard InChI is InChI=1S/C28H31FN2O4S/c1-2-14-30(17-22(32)19-34-23-6-4-3-5-7-23)18-28(33)31-15-12-27-25(13-16-36-27)26(31)20-35-24-10-8-21(29)9-11-24/h2-11,13,16,22,26,32H,1,12,14-15,17-20H2/t22-,26+/m1/s1. The summed E-state index contributed by atoms with van der Waals surface area (Å²) in [7, 11) is 0. The minimum Gasteiger partial charge on any atom is -0.491 e. The summed E-state index contributed by atoms with van der Waals surface area (Å²) in [5.74, 6) is 0.876. The monoisotopic (exact) mass is 510 g/mol. The zero-order valence-electron chi connectivity index (χ0n) is 20.1. The maximum atomic E-state index is 13.5. The number of fused-ring (bicyclic) bond motifs is 1. The van der Waals surface area contributed by atoms with Crippen LogP contribution in [0, 0.1) is 5.82 Å². The van der Waals surface area contributed by atoms with E-state index < -0.39 is 6.10 Å². The zero-order valence-corrected chi connectivity index (χ0v) is 20.9. The van der Waals surface area contributed by atoms with Gasteiger partial charge in [0.2, 0.25) is 5.91 Å². The second-order valence-corrected chi connectivity index (χ2v) is 9.68. The van der Waals surface area contributed by atoms with E-state index in [0.29, 0.717) is 24.6 Å². The zero-order chi connectivity index (χ0) is 25.3. The van der Waals surface area contributed by atoms with Gasteiger partial charge in [0.1, 0.15) is 36.6 Å². The van der Waals surface area contributed by atoms with Gasteiger partial charge in [-0.1, -0.05) is 24.3 Å². The van der Waals surface area contributed by atoms with E-state index in [0.717, 1.165) is 12.0 Å². The number of para-hydroxylation sites is 1. The van der Waals surface area contributed by atoms with E-state index in [9.17, 15) is 14.3 Å². The fourth-order valence-corrected chi connectivity index (χ4v) is 5.24. The van der Waals surface area contributed by atoms with Crippen molar-refractivity contribution < 1.29 is 23.8 Å². The lowest BCUT2D eigenvalue weighted by Crippen LogP contribution is -2.48. The third kappa shape index (κ3) is 6.94. The van der Waals surface area contributed by atoms with Gasteiger partial charge in [-0.15, -0.1) is 17.9 Å². The molecule has 0 aliphatic carbocycles. The molecule has 0 saturated heterocycles. The molecule has 1 aliphatic rings. The highest BCUT2D eigenvalue weighted by atomic mass is 32.1. The highest BCUT2D eigenvalue weighted by Gasteiger charge is 2.33. The number of nitrogens with zero attached hydrogens (tertiary/aromatic N) is 2. The quantitative estimate of drug-likeness (QED) is 0.368. The predicted molar refractivity (Wildman–Crippen MR) is 139 cm³/mol. The maximum Gasteiger partial charge on any atom is 0.237 e. The molecule has 0 unspecified atom stereocenters. The molecule has 2 aromatic carbocycles.